The summed E-state index contributed by atoms with van der Waals surface area (Å²) >= 11 is 4.31. The molecule has 0 aliphatic heterocycles. The second-order valence-corrected chi connectivity index (χ2v) is 3.86. The molecule has 1 nitrogen and oxygen atoms in total. The molecule has 68 valence electrons. The van der Waals surface area contributed by atoms with Crippen LogP contribution < -0.4 is 0 Å². The molecule has 0 N–H and O–H groups in total. The highest BCUT2D eigenvalue weighted by Crippen LogP contribution is 2.07. The Kier molecular flexibility index (Phi) is 6.06. The Hall–Kier alpha value is 0.310. The molecule has 0 saturated heterocycles. The first-order valence-corrected chi connectivity index (χ1v) is 5.06. The van der Waals surface area contributed by atoms with E-state index in [4.69, 9.17) is 0 Å². The van der Waals surface area contributed by atoms with Crippen LogP contribution in [0.25, 0.3) is 0 Å². The van der Waals surface area contributed by atoms with Crippen molar-refractivity contribution in [1.29, 1.82) is 0 Å². The Bertz CT molecular complexity index is 89.6. The molecule has 0 aromatic carbocycles. The Labute approximate surface area is 76.6 Å². The lowest BCUT2D eigenvalue weighted by molar-refractivity contribution is 0.237. The lowest BCUT2D eigenvalue weighted by atomic mass is 10.1. The number of rotatable bonds is 5. The van der Waals surface area contributed by atoms with E-state index in [0.29, 0.717) is 6.04 Å². The molecule has 0 bridgehead atoms. The summed E-state index contributed by atoms with van der Waals surface area (Å²) in [7, 11) is 2.18. The molecule has 0 rings (SSSR count). The van der Waals surface area contributed by atoms with Crippen molar-refractivity contribution in [2.75, 3.05) is 19.3 Å². The predicted molar refractivity (Wildman–Crippen MR) is 55.4 cm³/mol. The lowest BCUT2D eigenvalue weighted by Crippen LogP contribution is -2.32. The zero-order valence-corrected chi connectivity index (χ0v) is 9.06. The zero-order chi connectivity index (χ0) is 8.85. The van der Waals surface area contributed by atoms with Crippen LogP contribution in [0.5, 0.6) is 0 Å². The quantitative estimate of drug-likeness (QED) is 0.627. The Morgan fingerprint density at radius 1 is 1.36 bits per heavy atom. The molecule has 0 saturated carbocycles. The van der Waals surface area contributed by atoms with Crippen LogP contribution in [0.1, 0.15) is 27.2 Å². The summed E-state index contributed by atoms with van der Waals surface area (Å²) in [6.45, 7) is 7.86. The normalized spacial score (nSPS) is 14.5. The van der Waals surface area contributed by atoms with Crippen molar-refractivity contribution in [3.63, 3.8) is 0 Å². The van der Waals surface area contributed by atoms with Crippen LogP contribution in [0.15, 0.2) is 0 Å². The topological polar surface area (TPSA) is 3.24 Å². The molecule has 11 heavy (non-hydrogen) atoms. The van der Waals surface area contributed by atoms with E-state index in [0.717, 1.165) is 11.7 Å². The second kappa shape index (κ2) is 5.90. The van der Waals surface area contributed by atoms with E-state index >= 15 is 0 Å². The van der Waals surface area contributed by atoms with E-state index in [-0.39, 0.29) is 0 Å². The minimum atomic E-state index is 0.656. The molecule has 2 heteroatoms. The Morgan fingerprint density at radius 2 is 1.91 bits per heavy atom. The highest BCUT2D eigenvalue weighted by atomic mass is 32.1. The number of hydrogen-bond donors (Lipinski definition) is 1. The molecule has 0 aliphatic carbocycles. The zero-order valence-electron chi connectivity index (χ0n) is 8.17. The van der Waals surface area contributed by atoms with Crippen LogP contribution in [-0.2, 0) is 0 Å². The van der Waals surface area contributed by atoms with Crippen molar-refractivity contribution in [2.45, 2.75) is 33.2 Å². The van der Waals surface area contributed by atoms with E-state index in [1.54, 1.807) is 0 Å². The first kappa shape index (κ1) is 11.3. The fourth-order valence-electron chi connectivity index (χ4n) is 0.934. The van der Waals surface area contributed by atoms with Crippen molar-refractivity contribution >= 4 is 12.6 Å². The van der Waals surface area contributed by atoms with Crippen molar-refractivity contribution in [3.05, 3.63) is 0 Å². The predicted octanol–water partition coefficient (Wildman–Crippen LogP) is 2.28. The van der Waals surface area contributed by atoms with Gasteiger partial charge in [-0.05, 0) is 32.6 Å². The van der Waals surface area contributed by atoms with Crippen molar-refractivity contribution < 1.29 is 0 Å². The highest BCUT2D eigenvalue weighted by molar-refractivity contribution is 7.80. The van der Waals surface area contributed by atoms with Gasteiger partial charge < -0.3 is 4.90 Å². The molecule has 0 heterocycles. The number of hydrogen-bond acceptors (Lipinski definition) is 2. The lowest BCUT2D eigenvalue weighted by Gasteiger charge is -2.25. The third-order valence-corrected chi connectivity index (χ3v) is 2.78. The Balaban J connectivity index is 3.62. The SMILES string of the molecule is CCC(CS)CN(C)C(C)C. The fraction of sp³-hybridized carbons (Fsp3) is 1.00. The van der Waals surface area contributed by atoms with Crippen LogP contribution in [0, 0.1) is 5.92 Å². The van der Waals surface area contributed by atoms with E-state index in [2.05, 4.69) is 45.3 Å². The van der Waals surface area contributed by atoms with Gasteiger partial charge in [-0.1, -0.05) is 13.3 Å². The van der Waals surface area contributed by atoms with Gasteiger partial charge in [0.15, 0.2) is 0 Å². The molecular weight excluding hydrogens is 154 g/mol. The molecular formula is C9H21NS. The molecule has 0 amide bonds. The van der Waals surface area contributed by atoms with Gasteiger partial charge in [-0.25, -0.2) is 0 Å². The van der Waals surface area contributed by atoms with Crippen molar-refractivity contribution in [2.24, 2.45) is 5.92 Å². The van der Waals surface area contributed by atoms with E-state index in [1.165, 1.54) is 13.0 Å². The third-order valence-electron chi connectivity index (χ3n) is 2.26. The van der Waals surface area contributed by atoms with Crippen LogP contribution in [-0.4, -0.2) is 30.3 Å². The van der Waals surface area contributed by atoms with Gasteiger partial charge in [-0.15, -0.1) is 0 Å². The smallest absolute Gasteiger partial charge is 0.00356 e. The largest absolute Gasteiger partial charge is 0.304 e. The molecule has 1 unspecified atom stereocenters. The van der Waals surface area contributed by atoms with Gasteiger partial charge in [-0.3, -0.25) is 0 Å². The average molecular weight is 175 g/mol. The van der Waals surface area contributed by atoms with Gasteiger partial charge in [0.25, 0.3) is 0 Å². The maximum Gasteiger partial charge on any atom is 0.00356 e. The fourth-order valence-corrected chi connectivity index (χ4v) is 1.31. The first-order valence-electron chi connectivity index (χ1n) is 4.42. The minimum absolute atomic E-state index is 0.656. The van der Waals surface area contributed by atoms with Gasteiger partial charge in [0.2, 0.25) is 0 Å². The molecule has 0 aromatic rings. The summed E-state index contributed by atoms with van der Waals surface area (Å²) in [5, 5.41) is 0. The van der Waals surface area contributed by atoms with E-state index in [1.807, 2.05) is 0 Å². The molecule has 0 aromatic heterocycles. The molecule has 1 atom stereocenters. The van der Waals surface area contributed by atoms with E-state index in [9.17, 15) is 0 Å². The molecule has 0 fully saturated rings. The summed E-state index contributed by atoms with van der Waals surface area (Å²) in [4.78, 5) is 2.38. The monoisotopic (exact) mass is 175 g/mol. The summed E-state index contributed by atoms with van der Waals surface area (Å²) in [6.07, 6.45) is 1.24. The van der Waals surface area contributed by atoms with Crippen LogP contribution in [0.4, 0.5) is 0 Å². The summed E-state index contributed by atoms with van der Waals surface area (Å²) in [5.41, 5.74) is 0. The number of nitrogens with zero attached hydrogens (tertiary/aromatic N) is 1. The molecule has 0 spiro atoms. The molecule has 0 radical (unpaired) electrons. The van der Waals surface area contributed by atoms with Crippen LogP contribution >= 0.6 is 12.6 Å². The maximum absolute atomic E-state index is 4.31. The van der Waals surface area contributed by atoms with Crippen LogP contribution in [0.2, 0.25) is 0 Å². The maximum atomic E-state index is 4.31. The van der Waals surface area contributed by atoms with Gasteiger partial charge in [0.05, 0.1) is 0 Å². The Morgan fingerprint density at radius 3 is 2.18 bits per heavy atom. The van der Waals surface area contributed by atoms with Gasteiger partial charge >= 0.3 is 0 Å². The van der Waals surface area contributed by atoms with Crippen molar-refractivity contribution in [1.82, 2.24) is 4.90 Å². The van der Waals surface area contributed by atoms with Gasteiger partial charge in [0, 0.05) is 12.6 Å². The standard InChI is InChI=1S/C9H21NS/c1-5-9(7-11)6-10(4)8(2)3/h8-9,11H,5-7H2,1-4H3. The summed E-state index contributed by atoms with van der Waals surface area (Å²) in [6, 6.07) is 0.656. The molecule has 0 aliphatic rings. The minimum Gasteiger partial charge on any atom is -0.304 e. The van der Waals surface area contributed by atoms with Crippen LogP contribution in [0.3, 0.4) is 0 Å². The van der Waals surface area contributed by atoms with Gasteiger partial charge in [-0.2, -0.15) is 12.6 Å². The number of thiol groups is 1. The second-order valence-electron chi connectivity index (χ2n) is 3.49. The highest BCUT2D eigenvalue weighted by Gasteiger charge is 2.09. The first-order chi connectivity index (χ1) is 5.11. The summed E-state index contributed by atoms with van der Waals surface area (Å²) < 4.78 is 0. The van der Waals surface area contributed by atoms with Gasteiger partial charge in [0.1, 0.15) is 0 Å². The summed E-state index contributed by atoms with van der Waals surface area (Å²) in [5.74, 6) is 1.76. The van der Waals surface area contributed by atoms with E-state index < -0.39 is 0 Å². The van der Waals surface area contributed by atoms with Crippen molar-refractivity contribution in [3.8, 4) is 0 Å². The third kappa shape index (κ3) is 4.70. The average Bonchev–Trinajstić information content (AvgIpc) is 1.99.